The molecule has 5 rings (SSSR count). The van der Waals surface area contributed by atoms with E-state index in [0.29, 0.717) is 36.9 Å². The molecule has 0 unspecified atom stereocenters. The number of rotatable bonds is 7. The standard InChI is InChI=1S/C27H31ClN2O6/c28-17-3-1-16(2-4-17)14-29-25(32)13-20-12-22-21-11-18(30-27(33)26(22)24(15-31)36-20)5-6-23(21)35-19-7-9-34-10-8-19/h1-6,11,19-20,22,24,26,31H,7-10,12-15H2,(H,29,32)(H,30,33)/t20-,22+,24-,26-/m1/s1. The highest BCUT2D eigenvalue weighted by Gasteiger charge is 2.46. The number of anilines is 1. The molecule has 0 aliphatic carbocycles. The van der Waals surface area contributed by atoms with E-state index in [1.165, 1.54) is 0 Å². The zero-order valence-corrected chi connectivity index (χ0v) is 20.7. The van der Waals surface area contributed by atoms with Crippen LogP contribution in [0.1, 0.15) is 42.7 Å². The summed E-state index contributed by atoms with van der Waals surface area (Å²) in [5, 5.41) is 16.6. The van der Waals surface area contributed by atoms with Gasteiger partial charge in [0.25, 0.3) is 0 Å². The number of hydrogen-bond donors (Lipinski definition) is 3. The predicted octanol–water partition coefficient (Wildman–Crippen LogP) is 3.41. The average molecular weight is 515 g/mol. The second-order valence-corrected chi connectivity index (χ2v) is 10.1. The lowest BCUT2D eigenvalue weighted by atomic mass is 9.76. The summed E-state index contributed by atoms with van der Waals surface area (Å²) in [4.78, 5) is 25.9. The smallest absolute Gasteiger partial charge is 0.230 e. The summed E-state index contributed by atoms with van der Waals surface area (Å²) in [5.74, 6) is -0.442. The number of hydrogen-bond acceptors (Lipinski definition) is 6. The molecule has 2 fully saturated rings. The monoisotopic (exact) mass is 514 g/mol. The number of fused-ring (bicyclic) bond motifs is 4. The molecule has 0 radical (unpaired) electrons. The maximum absolute atomic E-state index is 13.1. The summed E-state index contributed by atoms with van der Waals surface area (Å²) < 4.78 is 17.9. The predicted molar refractivity (Wildman–Crippen MR) is 134 cm³/mol. The first-order chi connectivity index (χ1) is 17.5. The number of aliphatic hydroxyl groups is 1. The van der Waals surface area contributed by atoms with Gasteiger partial charge in [-0.15, -0.1) is 0 Å². The Morgan fingerprint density at radius 2 is 1.94 bits per heavy atom. The molecule has 36 heavy (non-hydrogen) atoms. The maximum Gasteiger partial charge on any atom is 0.230 e. The van der Waals surface area contributed by atoms with Gasteiger partial charge in [0.2, 0.25) is 11.8 Å². The maximum atomic E-state index is 13.1. The number of ether oxygens (including phenoxy) is 3. The van der Waals surface area contributed by atoms with Crippen molar-refractivity contribution in [3.05, 3.63) is 58.6 Å². The third-order valence-corrected chi connectivity index (χ3v) is 7.41. The molecule has 192 valence electrons. The highest BCUT2D eigenvalue weighted by Crippen LogP contribution is 2.46. The number of carbonyl (C=O) groups excluding carboxylic acids is 2. The van der Waals surface area contributed by atoms with Crippen molar-refractivity contribution < 1.29 is 28.9 Å². The van der Waals surface area contributed by atoms with Crippen molar-refractivity contribution in [2.75, 3.05) is 25.1 Å². The van der Waals surface area contributed by atoms with Crippen LogP contribution in [0.25, 0.3) is 0 Å². The minimum absolute atomic E-state index is 0.0501. The second kappa shape index (κ2) is 11.2. The van der Waals surface area contributed by atoms with E-state index in [1.807, 2.05) is 30.3 Å². The fourth-order valence-corrected chi connectivity index (χ4v) is 5.47. The van der Waals surface area contributed by atoms with E-state index < -0.39 is 18.1 Å². The Morgan fingerprint density at radius 3 is 2.69 bits per heavy atom. The second-order valence-electron chi connectivity index (χ2n) is 9.63. The van der Waals surface area contributed by atoms with Crippen molar-refractivity contribution in [2.45, 2.75) is 56.5 Å². The molecule has 3 aliphatic heterocycles. The molecular weight excluding hydrogens is 484 g/mol. The molecule has 9 heteroatoms. The molecule has 3 heterocycles. The topological polar surface area (TPSA) is 106 Å². The molecule has 2 aromatic carbocycles. The van der Waals surface area contributed by atoms with Crippen LogP contribution in [0.5, 0.6) is 5.75 Å². The van der Waals surface area contributed by atoms with Crippen LogP contribution in [0.3, 0.4) is 0 Å². The first kappa shape index (κ1) is 25.0. The average Bonchev–Trinajstić information content (AvgIpc) is 2.99. The summed E-state index contributed by atoms with van der Waals surface area (Å²) >= 11 is 5.93. The largest absolute Gasteiger partial charge is 0.490 e. The molecule has 2 saturated heterocycles. The Bertz CT molecular complexity index is 1090. The van der Waals surface area contributed by atoms with Gasteiger partial charge in [-0.3, -0.25) is 9.59 Å². The van der Waals surface area contributed by atoms with E-state index >= 15 is 0 Å². The van der Waals surface area contributed by atoms with Crippen LogP contribution in [0.15, 0.2) is 42.5 Å². The fraction of sp³-hybridized carbons (Fsp3) is 0.481. The number of carbonyl (C=O) groups is 2. The first-order valence-corrected chi connectivity index (χ1v) is 12.8. The fourth-order valence-electron chi connectivity index (χ4n) is 5.34. The molecule has 0 aromatic heterocycles. The third kappa shape index (κ3) is 5.67. The summed E-state index contributed by atoms with van der Waals surface area (Å²) in [6.07, 6.45) is 1.11. The molecule has 3 aliphatic rings. The van der Waals surface area contributed by atoms with Crippen LogP contribution < -0.4 is 15.4 Å². The summed E-state index contributed by atoms with van der Waals surface area (Å²) in [6, 6.07) is 13.0. The Morgan fingerprint density at radius 1 is 1.17 bits per heavy atom. The highest BCUT2D eigenvalue weighted by molar-refractivity contribution is 6.30. The molecular formula is C27H31ClN2O6. The van der Waals surface area contributed by atoms with E-state index in [9.17, 15) is 14.7 Å². The van der Waals surface area contributed by atoms with E-state index in [0.717, 1.165) is 29.7 Å². The van der Waals surface area contributed by atoms with Gasteiger partial charge in [0, 0.05) is 41.6 Å². The molecule has 4 atom stereocenters. The van der Waals surface area contributed by atoms with E-state index in [1.54, 1.807) is 12.1 Å². The first-order valence-electron chi connectivity index (χ1n) is 12.5. The van der Waals surface area contributed by atoms with Gasteiger partial charge in [-0.05, 0) is 42.3 Å². The van der Waals surface area contributed by atoms with E-state index in [2.05, 4.69) is 10.6 Å². The van der Waals surface area contributed by atoms with Crippen molar-refractivity contribution in [3.63, 3.8) is 0 Å². The number of nitrogens with one attached hydrogen (secondary N) is 2. The minimum atomic E-state index is -0.719. The normalized spacial score (nSPS) is 25.9. The van der Waals surface area contributed by atoms with Gasteiger partial charge < -0.3 is 30.0 Å². The van der Waals surface area contributed by atoms with E-state index in [4.69, 9.17) is 25.8 Å². The number of aliphatic hydroxyl groups excluding tert-OH is 1. The van der Waals surface area contributed by atoms with Gasteiger partial charge in [-0.1, -0.05) is 23.7 Å². The molecule has 3 N–H and O–H groups in total. The summed E-state index contributed by atoms with van der Waals surface area (Å²) in [7, 11) is 0. The Kier molecular flexibility index (Phi) is 7.76. The van der Waals surface area contributed by atoms with Crippen LogP contribution >= 0.6 is 11.6 Å². The van der Waals surface area contributed by atoms with Crippen molar-refractivity contribution >= 4 is 29.1 Å². The SMILES string of the molecule is O=C(C[C@H]1C[C@H]2c3cc(ccc3OC3CCOCC3)NC(=O)[C@H]2[C@@H](CO)O1)NCc1ccc(Cl)cc1. The minimum Gasteiger partial charge on any atom is -0.490 e. The zero-order valence-electron chi connectivity index (χ0n) is 20.0. The lowest BCUT2D eigenvalue weighted by molar-refractivity contribution is -0.148. The van der Waals surface area contributed by atoms with Crippen molar-refractivity contribution in [3.8, 4) is 5.75 Å². The summed E-state index contributed by atoms with van der Waals surface area (Å²) in [5.41, 5.74) is 2.55. The molecule has 0 spiro atoms. The van der Waals surface area contributed by atoms with Crippen molar-refractivity contribution in [1.82, 2.24) is 5.32 Å². The van der Waals surface area contributed by atoms with Crippen molar-refractivity contribution in [1.29, 1.82) is 0 Å². The van der Waals surface area contributed by atoms with Crippen molar-refractivity contribution in [2.24, 2.45) is 5.92 Å². The van der Waals surface area contributed by atoms with Gasteiger partial charge in [0.1, 0.15) is 11.9 Å². The van der Waals surface area contributed by atoms with Gasteiger partial charge in [0.15, 0.2) is 0 Å². The number of amides is 2. The van der Waals surface area contributed by atoms with Gasteiger partial charge in [0.05, 0.1) is 44.4 Å². The molecule has 0 saturated carbocycles. The zero-order chi connectivity index (χ0) is 25.1. The quantitative estimate of drug-likeness (QED) is 0.523. The van der Waals surface area contributed by atoms with Crippen LogP contribution in [0.2, 0.25) is 5.02 Å². The summed E-state index contributed by atoms with van der Waals surface area (Å²) in [6.45, 7) is 1.39. The number of benzene rings is 2. The van der Waals surface area contributed by atoms with Crippen LogP contribution in [0, 0.1) is 5.92 Å². The molecule has 8 nitrogen and oxygen atoms in total. The lowest BCUT2D eigenvalue weighted by Crippen LogP contribution is -2.48. The van der Waals surface area contributed by atoms with Crippen LogP contribution in [-0.2, 0) is 25.6 Å². The Labute approximate surface area is 215 Å². The van der Waals surface area contributed by atoms with Gasteiger partial charge in [-0.25, -0.2) is 0 Å². The Balaban J connectivity index is 1.32. The number of halogens is 1. The van der Waals surface area contributed by atoms with Gasteiger partial charge in [-0.2, -0.15) is 0 Å². The molecule has 2 amide bonds. The molecule has 2 aromatic rings. The lowest BCUT2D eigenvalue weighted by Gasteiger charge is -2.40. The van der Waals surface area contributed by atoms with Crippen LogP contribution in [-0.4, -0.2) is 55.1 Å². The Hall–Kier alpha value is -2.65. The van der Waals surface area contributed by atoms with E-state index in [-0.39, 0.29) is 36.9 Å². The molecule has 2 bridgehead atoms. The third-order valence-electron chi connectivity index (χ3n) is 7.16. The van der Waals surface area contributed by atoms with Gasteiger partial charge >= 0.3 is 0 Å². The highest BCUT2D eigenvalue weighted by atomic mass is 35.5. The van der Waals surface area contributed by atoms with Crippen LogP contribution in [0.4, 0.5) is 5.69 Å².